The molecule has 3 aromatic carbocycles. The first kappa shape index (κ1) is 37.3. The summed E-state index contributed by atoms with van der Waals surface area (Å²) >= 11 is 0. The van der Waals surface area contributed by atoms with E-state index in [1.54, 1.807) is 7.11 Å². The molecule has 0 aliphatic heterocycles. The van der Waals surface area contributed by atoms with Gasteiger partial charge in [0.1, 0.15) is 6.79 Å². The molecule has 3 aromatic rings. The second kappa shape index (κ2) is 18.8. The van der Waals surface area contributed by atoms with Crippen molar-refractivity contribution in [3.8, 4) is 0 Å². The van der Waals surface area contributed by atoms with E-state index in [2.05, 4.69) is 88.4 Å². The highest BCUT2D eigenvalue weighted by Crippen LogP contribution is 2.38. The molecule has 3 rings (SSSR count). The summed E-state index contributed by atoms with van der Waals surface area (Å²) in [6, 6.07) is 29.1. The Hall–Kier alpha value is -2.17. The fraction of sp³-hybridized carbons (Fsp3) is 0.514. The van der Waals surface area contributed by atoms with E-state index in [1.165, 1.54) is 10.4 Å². The van der Waals surface area contributed by atoms with Crippen molar-refractivity contribution < 1.29 is 28.0 Å². The van der Waals surface area contributed by atoms with Crippen LogP contribution in [-0.4, -0.2) is 68.8 Å². The molecule has 0 aromatic heterocycles. The highest BCUT2D eigenvalue weighted by molar-refractivity contribution is 7.85. The Kier molecular flexibility index (Phi) is 15.6. The van der Waals surface area contributed by atoms with Gasteiger partial charge in [0.2, 0.25) is 0 Å². The van der Waals surface area contributed by atoms with Crippen molar-refractivity contribution in [3.63, 3.8) is 0 Å². The first-order chi connectivity index (χ1) is 21.6. The maximum Gasteiger partial charge on any atom is 0.261 e. The molecule has 0 spiro atoms. The van der Waals surface area contributed by atoms with Crippen LogP contribution in [0, 0.1) is 6.92 Å². The minimum Gasteiger partial charge on any atom is -0.405 e. The van der Waals surface area contributed by atoms with Crippen LogP contribution in [-0.2, 0) is 29.4 Å². The van der Waals surface area contributed by atoms with Crippen LogP contribution in [0.1, 0.15) is 65.4 Å². The molecule has 0 saturated carbocycles. The fourth-order valence-corrected chi connectivity index (χ4v) is 11.7. The summed E-state index contributed by atoms with van der Waals surface area (Å²) in [5.74, 6) is 0.120. The molecular formula is C37H54O6SSi. The van der Waals surface area contributed by atoms with Gasteiger partial charge in [-0.05, 0) is 54.2 Å². The van der Waals surface area contributed by atoms with Gasteiger partial charge < -0.3 is 23.7 Å². The summed E-state index contributed by atoms with van der Waals surface area (Å²) in [6.45, 7) is 12.1. The third-order valence-corrected chi connectivity index (χ3v) is 14.8. The normalized spacial score (nSPS) is 15.0. The van der Waals surface area contributed by atoms with Crippen LogP contribution in [0.2, 0.25) is 5.04 Å². The Bertz CT molecular complexity index is 1210. The van der Waals surface area contributed by atoms with Crippen LogP contribution in [0.4, 0.5) is 0 Å². The summed E-state index contributed by atoms with van der Waals surface area (Å²) in [4.78, 5) is 0.713. The molecule has 4 atom stereocenters. The third kappa shape index (κ3) is 11.2. The van der Waals surface area contributed by atoms with Crippen LogP contribution in [0.5, 0.6) is 0 Å². The number of aliphatic hydroxyl groups is 1. The summed E-state index contributed by atoms with van der Waals surface area (Å²) < 4.78 is 36.7. The molecule has 6 nitrogen and oxygen atoms in total. The standard InChI is InChI=1S/C37H54O6SSi/c1-30-22-24-32(25-23-30)44(39)28-35(38)36(42-29-41-27-26-40-6)21-15-7-10-16-31(2)43-45(37(3,4)5,33-17-11-8-12-18-33)34-19-13-9-14-20-34/h8-9,11-14,17-20,22-25,31,35-36,38H,7,10,15-16,21,26-29H2,1-6H3/t31-,35-,36+,44-/m1/s1. The van der Waals surface area contributed by atoms with Crippen LogP contribution in [0.3, 0.4) is 0 Å². The zero-order valence-electron chi connectivity index (χ0n) is 28.1. The zero-order valence-corrected chi connectivity index (χ0v) is 29.9. The van der Waals surface area contributed by atoms with Crippen molar-refractivity contribution in [2.45, 2.75) is 95.0 Å². The van der Waals surface area contributed by atoms with Gasteiger partial charge in [0, 0.05) is 18.1 Å². The number of benzene rings is 3. The number of aryl methyl sites for hydroxylation is 1. The maximum absolute atomic E-state index is 13.0. The van der Waals surface area contributed by atoms with E-state index in [4.69, 9.17) is 18.6 Å². The molecule has 1 N–H and O–H groups in total. The number of unbranched alkanes of at least 4 members (excludes halogenated alkanes) is 2. The van der Waals surface area contributed by atoms with E-state index in [-0.39, 0.29) is 23.7 Å². The van der Waals surface area contributed by atoms with Crippen molar-refractivity contribution >= 4 is 29.5 Å². The lowest BCUT2D eigenvalue weighted by Gasteiger charge is -2.44. The van der Waals surface area contributed by atoms with Crippen LogP contribution >= 0.6 is 0 Å². The number of hydrogen-bond acceptors (Lipinski definition) is 6. The second-order valence-corrected chi connectivity index (χ2v) is 18.6. The molecule has 0 saturated heterocycles. The quantitative estimate of drug-likeness (QED) is 0.0866. The molecule has 0 bridgehead atoms. The summed E-state index contributed by atoms with van der Waals surface area (Å²) in [6.07, 6.45) is 3.21. The minimum atomic E-state index is -2.59. The van der Waals surface area contributed by atoms with Gasteiger partial charge in [0.25, 0.3) is 8.32 Å². The maximum atomic E-state index is 13.0. The van der Waals surface area contributed by atoms with Gasteiger partial charge in [-0.1, -0.05) is 118 Å². The number of ether oxygens (including phenoxy) is 3. The molecule has 0 radical (unpaired) electrons. The van der Waals surface area contributed by atoms with Gasteiger partial charge in [-0.25, -0.2) is 0 Å². The zero-order chi connectivity index (χ0) is 32.7. The molecule has 0 aliphatic rings. The predicted octanol–water partition coefficient (Wildman–Crippen LogP) is 6.38. The average Bonchev–Trinajstić information content (AvgIpc) is 3.02. The Morgan fingerprint density at radius 1 is 0.822 bits per heavy atom. The smallest absolute Gasteiger partial charge is 0.261 e. The van der Waals surface area contributed by atoms with Crippen LogP contribution < -0.4 is 10.4 Å². The molecule has 45 heavy (non-hydrogen) atoms. The molecule has 0 amide bonds. The van der Waals surface area contributed by atoms with E-state index in [9.17, 15) is 9.32 Å². The fourth-order valence-electron chi connectivity index (χ4n) is 5.78. The molecule has 248 valence electrons. The van der Waals surface area contributed by atoms with E-state index >= 15 is 0 Å². The highest BCUT2D eigenvalue weighted by atomic mass is 32.2. The molecule has 8 heteroatoms. The summed E-state index contributed by atoms with van der Waals surface area (Å²) in [5.41, 5.74) is 1.11. The molecule has 0 fully saturated rings. The Morgan fingerprint density at radius 2 is 1.40 bits per heavy atom. The SMILES string of the molecule is COCCOCO[C@@H](CCCCC[C@@H](C)O[Si](c1ccccc1)(c1ccccc1)C(C)(C)C)[C@H](O)C[S@@](=O)c1ccc(C)cc1. The number of aliphatic hydroxyl groups excluding tert-OH is 1. The number of rotatable bonds is 20. The minimum absolute atomic E-state index is 0.0609. The number of methoxy groups -OCH3 is 1. The van der Waals surface area contributed by atoms with Gasteiger partial charge >= 0.3 is 0 Å². The Morgan fingerprint density at radius 3 is 1.96 bits per heavy atom. The van der Waals surface area contributed by atoms with Gasteiger partial charge in [-0.2, -0.15) is 0 Å². The molecule has 0 unspecified atom stereocenters. The van der Waals surface area contributed by atoms with E-state index in [0.29, 0.717) is 24.5 Å². The Labute approximate surface area is 275 Å². The van der Waals surface area contributed by atoms with Crippen molar-refractivity contribution in [1.29, 1.82) is 0 Å². The summed E-state index contributed by atoms with van der Waals surface area (Å²) in [5, 5.41) is 13.6. The van der Waals surface area contributed by atoms with Crippen molar-refractivity contribution in [1.82, 2.24) is 0 Å². The highest BCUT2D eigenvalue weighted by Gasteiger charge is 2.50. The van der Waals surface area contributed by atoms with Crippen LogP contribution in [0.25, 0.3) is 0 Å². The number of hydrogen-bond donors (Lipinski definition) is 1. The van der Waals surface area contributed by atoms with Gasteiger partial charge in [0.15, 0.2) is 0 Å². The Balaban J connectivity index is 1.59. The average molecular weight is 655 g/mol. The third-order valence-electron chi connectivity index (χ3n) is 8.23. The predicted molar refractivity (Wildman–Crippen MR) is 187 cm³/mol. The molecule has 0 heterocycles. The first-order valence-electron chi connectivity index (χ1n) is 16.2. The lowest BCUT2D eigenvalue weighted by atomic mass is 10.0. The monoisotopic (exact) mass is 654 g/mol. The van der Waals surface area contributed by atoms with E-state index in [1.807, 2.05) is 31.2 Å². The van der Waals surface area contributed by atoms with Crippen molar-refractivity contribution in [2.24, 2.45) is 0 Å². The van der Waals surface area contributed by atoms with Gasteiger partial charge in [0.05, 0.1) is 42.0 Å². The first-order valence-corrected chi connectivity index (χ1v) is 19.4. The summed E-state index contributed by atoms with van der Waals surface area (Å²) in [7, 11) is -2.29. The topological polar surface area (TPSA) is 74.2 Å². The lowest BCUT2D eigenvalue weighted by molar-refractivity contribution is -0.127. The molecule has 0 aliphatic carbocycles. The lowest BCUT2D eigenvalue weighted by Crippen LogP contribution is -2.67. The van der Waals surface area contributed by atoms with E-state index < -0.39 is 31.3 Å². The van der Waals surface area contributed by atoms with Crippen molar-refractivity contribution in [2.75, 3.05) is 32.9 Å². The van der Waals surface area contributed by atoms with Crippen molar-refractivity contribution in [3.05, 3.63) is 90.5 Å². The van der Waals surface area contributed by atoms with Crippen LogP contribution in [0.15, 0.2) is 89.8 Å². The van der Waals surface area contributed by atoms with Gasteiger partial charge in [-0.15, -0.1) is 0 Å². The second-order valence-electron chi connectivity index (χ2n) is 12.8. The van der Waals surface area contributed by atoms with E-state index in [0.717, 1.165) is 31.2 Å². The molecular weight excluding hydrogens is 601 g/mol. The largest absolute Gasteiger partial charge is 0.405 e. The van der Waals surface area contributed by atoms with Gasteiger partial charge in [-0.3, -0.25) is 4.21 Å².